The molecule has 0 aliphatic heterocycles. The second-order valence-corrected chi connectivity index (χ2v) is 2.96. The maximum atomic E-state index is 10.5. The van der Waals surface area contributed by atoms with E-state index in [-0.39, 0.29) is 24.6 Å². The fourth-order valence-electron chi connectivity index (χ4n) is 1.27. The zero-order chi connectivity index (χ0) is 10.6. The van der Waals surface area contributed by atoms with Crippen molar-refractivity contribution < 1.29 is 15.0 Å². The quantitative estimate of drug-likeness (QED) is 0.643. The normalized spacial score (nSPS) is 12.4. The first-order valence-electron chi connectivity index (χ1n) is 4.20. The van der Waals surface area contributed by atoms with Crippen LogP contribution < -0.4 is 5.73 Å². The number of carbonyl (C=O) groups is 1. The number of hydrogen-bond acceptors (Lipinski definition) is 4. The third-order valence-corrected chi connectivity index (χ3v) is 1.98. The monoisotopic (exact) mass is 196 g/mol. The van der Waals surface area contributed by atoms with E-state index in [9.17, 15) is 9.90 Å². The van der Waals surface area contributed by atoms with Crippen molar-refractivity contribution in [2.75, 3.05) is 6.54 Å². The molecule has 1 rings (SSSR count). The van der Waals surface area contributed by atoms with Crippen LogP contribution in [0.2, 0.25) is 0 Å². The van der Waals surface area contributed by atoms with Crippen LogP contribution in [0.5, 0.6) is 5.75 Å². The van der Waals surface area contributed by atoms with Crippen LogP contribution in [0.4, 0.5) is 0 Å². The maximum absolute atomic E-state index is 10.5. The number of nitrogens with two attached hydrogens (primary N) is 1. The number of aromatic nitrogens is 1. The van der Waals surface area contributed by atoms with Gasteiger partial charge in [0.25, 0.3) is 0 Å². The van der Waals surface area contributed by atoms with Crippen LogP contribution in [-0.2, 0) is 4.79 Å². The first kappa shape index (κ1) is 10.5. The average molecular weight is 196 g/mol. The molecule has 0 aliphatic carbocycles. The van der Waals surface area contributed by atoms with Gasteiger partial charge in [0, 0.05) is 17.7 Å². The van der Waals surface area contributed by atoms with Crippen molar-refractivity contribution in [3.8, 4) is 5.75 Å². The van der Waals surface area contributed by atoms with Crippen LogP contribution in [0.25, 0.3) is 0 Å². The number of hydrogen-bond donors (Lipinski definition) is 3. The molecule has 1 heterocycles. The fraction of sp³-hybridized carbons (Fsp3) is 0.333. The smallest absolute Gasteiger partial charge is 0.304 e. The van der Waals surface area contributed by atoms with Gasteiger partial charge >= 0.3 is 5.97 Å². The average Bonchev–Trinajstić information content (AvgIpc) is 2.15. The lowest BCUT2D eigenvalue weighted by Gasteiger charge is -2.13. The lowest BCUT2D eigenvalue weighted by Crippen LogP contribution is -2.16. The fourth-order valence-corrected chi connectivity index (χ4v) is 1.27. The summed E-state index contributed by atoms with van der Waals surface area (Å²) in [6, 6.07) is 1.58. The van der Waals surface area contributed by atoms with E-state index in [2.05, 4.69) is 4.98 Å². The number of rotatable bonds is 4. The number of carboxylic acids is 1. The standard InChI is InChI=1S/C9H12N2O3/c10-4-6(3-9(13)14)7-1-2-11-5-8(7)12/h1-2,5-6,12H,3-4,10H2,(H,13,14). The number of pyridine rings is 1. The van der Waals surface area contributed by atoms with Crippen molar-refractivity contribution in [1.29, 1.82) is 0 Å². The van der Waals surface area contributed by atoms with Crippen molar-refractivity contribution >= 4 is 5.97 Å². The minimum Gasteiger partial charge on any atom is -0.506 e. The van der Waals surface area contributed by atoms with Gasteiger partial charge in [0.1, 0.15) is 5.75 Å². The summed E-state index contributed by atoms with van der Waals surface area (Å²) < 4.78 is 0. The molecule has 4 N–H and O–H groups in total. The van der Waals surface area contributed by atoms with Crippen LogP contribution >= 0.6 is 0 Å². The first-order chi connectivity index (χ1) is 6.65. The molecule has 0 saturated heterocycles. The van der Waals surface area contributed by atoms with Gasteiger partial charge in [0.05, 0.1) is 12.6 Å². The molecule has 0 aromatic carbocycles. The molecular weight excluding hydrogens is 184 g/mol. The van der Waals surface area contributed by atoms with Crippen LogP contribution in [0.15, 0.2) is 18.5 Å². The lowest BCUT2D eigenvalue weighted by molar-refractivity contribution is -0.137. The summed E-state index contributed by atoms with van der Waals surface area (Å²) in [6.07, 6.45) is 2.69. The molecule has 0 saturated carbocycles. The van der Waals surface area contributed by atoms with Gasteiger partial charge in [-0.2, -0.15) is 0 Å². The van der Waals surface area contributed by atoms with Crippen LogP contribution in [0, 0.1) is 0 Å². The Morgan fingerprint density at radius 3 is 2.86 bits per heavy atom. The highest BCUT2D eigenvalue weighted by Gasteiger charge is 2.16. The highest BCUT2D eigenvalue weighted by Crippen LogP contribution is 2.25. The molecule has 0 fully saturated rings. The van der Waals surface area contributed by atoms with Crippen molar-refractivity contribution in [1.82, 2.24) is 4.98 Å². The second kappa shape index (κ2) is 4.57. The second-order valence-electron chi connectivity index (χ2n) is 2.96. The molecule has 0 spiro atoms. The van der Waals surface area contributed by atoms with E-state index in [1.807, 2.05) is 0 Å². The molecule has 0 radical (unpaired) electrons. The zero-order valence-corrected chi connectivity index (χ0v) is 7.55. The van der Waals surface area contributed by atoms with Gasteiger partial charge in [-0.15, -0.1) is 0 Å². The van der Waals surface area contributed by atoms with E-state index in [4.69, 9.17) is 10.8 Å². The predicted octanol–water partition coefficient (Wildman–Crippen LogP) is 0.304. The summed E-state index contributed by atoms with van der Waals surface area (Å²) in [5, 5.41) is 18.0. The molecule has 76 valence electrons. The summed E-state index contributed by atoms with van der Waals surface area (Å²) in [6.45, 7) is 0.184. The van der Waals surface area contributed by atoms with Gasteiger partial charge < -0.3 is 15.9 Å². The summed E-state index contributed by atoms with van der Waals surface area (Å²) >= 11 is 0. The third kappa shape index (κ3) is 2.43. The van der Waals surface area contributed by atoms with Gasteiger partial charge in [-0.1, -0.05) is 0 Å². The Morgan fingerprint density at radius 2 is 2.36 bits per heavy atom. The van der Waals surface area contributed by atoms with Gasteiger partial charge in [0.15, 0.2) is 0 Å². The van der Waals surface area contributed by atoms with E-state index < -0.39 is 5.97 Å². The van der Waals surface area contributed by atoms with Crippen molar-refractivity contribution in [3.05, 3.63) is 24.0 Å². The molecule has 14 heavy (non-hydrogen) atoms. The Kier molecular flexibility index (Phi) is 3.41. The largest absolute Gasteiger partial charge is 0.506 e. The number of nitrogens with zero attached hydrogens (tertiary/aromatic N) is 1. The Morgan fingerprint density at radius 1 is 1.64 bits per heavy atom. The zero-order valence-electron chi connectivity index (χ0n) is 7.55. The highest BCUT2D eigenvalue weighted by molar-refractivity contribution is 5.68. The lowest BCUT2D eigenvalue weighted by atomic mass is 9.96. The molecule has 1 unspecified atom stereocenters. The summed E-state index contributed by atoms with van der Waals surface area (Å²) in [7, 11) is 0. The number of carboxylic acid groups (broad SMARTS) is 1. The molecule has 0 amide bonds. The molecule has 1 atom stereocenters. The van der Waals surface area contributed by atoms with E-state index in [0.29, 0.717) is 5.56 Å². The highest BCUT2D eigenvalue weighted by atomic mass is 16.4. The molecule has 1 aromatic rings. The van der Waals surface area contributed by atoms with E-state index in [0.717, 1.165) is 0 Å². The van der Waals surface area contributed by atoms with Crippen LogP contribution in [0.1, 0.15) is 17.9 Å². The molecule has 5 heteroatoms. The van der Waals surface area contributed by atoms with E-state index in [1.54, 1.807) is 6.07 Å². The summed E-state index contributed by atoms with van der Waals surface area (Å²) in [5.41, 5.74) is 5.96. The Balaban J connectivity index is 2.89. The Hall–Kier alpha value is -1.62. The predicted molar refractivity (Wildman–Crippen MR) is 50.0 cm³/mol. The number of aliphatic carboxylic acids is 1. The van der Waals surface area contributed by atoms with Gasteiger partial charge in [-0.25, -0.2) is 0 Å². The minimum absolute atomic E-state index is 0.01000. The van der Waals surface area contributed by atoms with Crippen molar-refractivity contribution in [2.24, 2.45) is 5.73 Å². The van der Waals surface area contributed by atoms with Crippen LogP contribution in [-0.4, -0.2) is 27.7 Å². The topological polar surface area (TPSA) is 96.4 Å². The molecule has 5 nitrogen and oxygen atoms in total. The van der Waals surface area contributed by atoms with E-state index >= 15 is 0 Å². The molecule has 1 aromatic heterocycles. The van der Waals surface area contributed by atoms with Gasteiger partial charge in [-0.05, 0) is 12.6 Å². The number of aromatic hydroxyl groups is 1. The third-order valence-electron chi connectivity index (χ3n) is 1.98. The van der Waals surface area contributed by atoms with Crippen LogP contribution in [0.3, 0.4) is 0 Å². The van der Waals surface area contributed by atoms with Crippen molar-refractivity contribution in [3.63, 3.8) is 0 Å². The Bertz CT molecular complexity index is 328. The SMILES string of the molecule is NCC(CC(=O)O)c1ccncc1O. The minimum atomic E-state index is -0.934. The molecule has 0 bridgehead atoms. The summed E-state index contributed by atoms with van der Waals surface area (Å²) in [4.78, 5) is 14.2. The van der Waals surface area contributed by atoms with Gasteiger partial charge in [0.2, 0.25) is 0 Å². The van der Waals surface area contributed by atoms with Crippen molar-refractivity contribution in [2.45, 2.75) is 12.3 Å². The maximum Gasteiger partial charge on any atom is 0.304 e. The molecular formula is C9H12N2O3. The molecule has 0 aliphatic rings. The Labute approximate surface area is 81.2 Å². The first-order valence-corrected chi connectivity index (χ1v) is 4.20. The van der Waals surface area contributed by atoms with E-state index in [1.165, 1.54) is 12.4 Å². The summed E-state index contributed by atoms with van der Waals surface area (Å²) in [5.74, 6) is -1.31. The van der Waals surface area contributed by atoms with Gasteiger partial charge in [-0.3, -0.25) is 9.78 Å².